The molecule has 8 nitrogen and oxygen atoms in total. The van der Waals surface area contributed by atoms with Crippen LogP contribution in [0, 0.1) is 0 Å². The quantitative estimate of drug-likeness (QED) is 0.625. The zero-order valence-corrected chi connectivity index (χ0v) is 10.9. The fourth-order valence-electron chi connectivity index (χ4n) is 1.58. The Balaban J connectivity index is 2.17. The SMILES string of the molecule is O=C(O)CS(=O)(=O)Nc1ccc(-c2cc(=O)[nH][nH]2)cc1. The highest BCUT2D eigenvalue weighted by Crippen LogP contribution is 2.18. The Hall–Kier alpha value is -2.55. The number of anilines is 1. The normalized spacial score (nSPS) is 11.2. The van der Waals surface area contributed by atoms with Gasteiger partial charge in [0.25, 0.3) is 5.56 Å². The lowest BCUT2D eigenvalue weighted by molar-refractivity contribution is -0.134. The molecule has 0 aliphatic carbocycles. The van der Waals surface area contributed by atoms with Gasteiger partial charge in [0.05, 0.1) is 5.69 Å². The number of aromatic nitrogens is 2. The minimum absolute atomic E-state index is 0.243. The molecule has 0 spiro atoms. The predicted molar refractivity (Wildman–Crippen MR) is 71.9 cm³/mol. The number of sulfonamides is 1. The first-order valence-corrected chi connectivity index (χ1v) is 7.11. The number of carboxylic acid groups (broad SMARTS) is 1. The van der Waals surface area contributed by atoms with Crippen LogP contribution in [0.4, 0.5) is 5.69 Å². The molecule has 0 aliphatic heterocycles. The smallest absolute Gasteiger partial charge is 0.320 e. The fourth-order valence-corrected chi connectivity index (χ4v) is 2.48. The summed E-state index contributed by atoms with van der Waals surface area (Å²) in [5, 5.41) is 13.5. The Morgan fingerprint density at radius 3 is 2.35 bits per heavy atom. The highest BCUT2D eigenvalue weighted by Gasteiger charge is 2.15. The van der Waals surface area contributed by atoms with E-state index in [1.54, 1.807) is 12.1 Å². The number of carbonyl (C=O) groups is 1. The van der Waals surface area contributed by atoms with Crippen molar-refractivity contribution in [3.63, 3.8) is 0 Å². The second-order valence-electron chi connectivity index (χ2n) is 4.00. The van der Waals surface area contributed by atoms with E-state index in [0.29, 0.717) is 11.3 Å². The van der Waals surface area contributed by atoms with Crippen LogP contribution in [0.15, 0.2) is 35.1 Å². The summed E-state index contributed by atoms with van der Waals surface area (Å²) in [5.74, 6) is -2.43. The zero-order chi connectivity index (χ0) is 14.8. The molecule has 20 heavy (non-hydrogen) atoms. The second-order valence-corrected chi connectivity index (χ2v) is 5.73. The van der Waals surface area contributed by atoms with Gasteiger partial charge in [-0.1, -0.05) is 12.1 Å². The number of benzene rings is 1. The Labute approximate surface area is 113 Å². The Morgan fingerprint density at radius 1 is 1.20 bits per heavy atom. The number of hydrogen-bond donors (Lipinski definition) is 4. The van der Waals surface area contributed by atoms with E-state index < -0.39 is 21.7 Å². The molecule has 0 saturated carbocycles. The monoisotopic (exact) mass is 297 g/mol. The van der Waals surface area contributed by atoms with Crippen LogP contribution in [-0.2, 0) is 14.8 Å². The van der Waals surface area contributed by atoms with Crippen molar-refractivity contribution in [3.05, 3.63) is 40.7 Å². The van der Waals surface area contributed by atoms with Gasteiger partial charge in [-0.3, -0.25) is 24.5 Å². The lowest BCUT2D eigenvalue weighted by Gasteiger charge is -2.06. The molecule has 0 unspecified atom stereocenters. The largest absolute Gasteiger partial charge is 0.480 e. The molecule has 0 saturated heterocycles. The molecule has 4 N–H and O–H groups in total. The van der Waals surface area contributed by atoms with Crippen molar-refractivity contribution in [1.29, 1.82) is 0 Å². The summed E-state index contributed by atoms with van der Waals surface area (Å²) < 4.78 is 25.0. The maximum atomic E-state index is 11.4. The first-order chi connectivity index (χ1) is 9.35. The average molecular weight is 297 g/mol. The first kappa shape index (κ1) is 13.9. The number of nitrogens with one attached hydrogen (secondary N) is 3. The second kappa shape index (κ2) is 5.21. The third-order valence-electron chi connectivity index (χ3n) is 2.38. The molecule has 1 heterocycles. The van der Waals surface area contributed by atoms with Gasteiger partial charge in [0.1, 0.15) is 0 Å². The summed E-state index contributed by atoms with van der Waals surface area (Å²) in [5.41, 5.74) is 1.22. The van der Waals surface area contributed by atoms with Crippen LogP contribution in [0.25, 0.3) is 11.3 Å². The maximum Gasteiger partial charge on any atom is 0.320 e. The van der Waals surface area contributed by atoms with Gasteiger partial charge in [-0.15, -0.1) is 0 Å². The van der Waals surface area contributed by atoms with Crippen molar-refractivity contribution in [2.45, 2.75) is 0 Å². The van der Waals surface area contributed by atoms with E-state index in [0.717, 1.165) is 0 Å². The number of aromatic amines is 2. The summed E-state index contributed by atoms with van der Waals surface area (Å²) in [4.78, 5) is 21.4. The molecular formula is C11H11N3O5S. The van der Waals surface area contributed by atoms with Crippen molar-refractivity contribution in [2.24, 2.45) is 0 Å². The number of rotatable bonds is 5. The van der Waals surface area contributed by atoms with E-state index in [-0.39, 0.29) is 11.2 Å². The molecule has 1 aromatic carbocycles. The topological polar surface area (TPSA) is 132 Å². The van der Waals surface area contributed by atoms with E-state index in [2.05, 4.69) is 14.9 Å². The lowest BCUT2D eigenvalue weighted by Crippen LogP contribution is -2.22. The average Bonchev–Trinajstić information content (AvgIpc) is 2.74. The minimum atomic E-state index is -3.92. The van der Waals surface area contributed by atoms with Crippen molar-refractivity contribution in [2.75, 3.05) is 10.5 Å². The highest BCUT2D eigenvalue weighted by molar-refractivity contribution is 7.93. The molecular weight excluding hydrogens is 286 g/mol. The van der Waals surface area contributed by atoms with Crippen molar-refractivity contribution >= 4 is 21.7 Å². The molecule has 106 valence electrons. The van der Waals surface area contributed by atoms with Crippen molar-refractivity contribution in [3.8, 4) is 11.3 Å². The van der Waals surface area contributed by atoms with Crippen molar-refractivity contribution < 1.29 is 18.3 Å². The van der Waals surface area contributed by atoms with Crippen LogP contribution < -0.4 is 10.3 Å². The van der Waals surface area contributed by atoms with Crippen LogP contribution in [-0.4, -0.2) is 35.4 Å². The Kier molecular flexibility index (Phi) is 3.61. The highest BCUT2D eigenvalue weighted by atomic mass is 32.2. The first-order valence-electron chi connectivity index (χ1n) is 5.46. The third kappa shape index (κ3) is 3.48. The molecule has 0 bridgehead atoms. The molecule has 2 rings (SSSR count). The van der Waals surface area contributed by atoms with Crippen LogP contribution in [0.5, 0.6) is 0 Å². The van der Waals surface area contributed by atoms with Gasteiger partial charge >= 0.3 is 5.97 Å². The van der Waals surface area contributed by atoms with E-state index in [9.17, 15) is 18.0 Å². The molecule has 0 amide bonds. The number of carboxylic acids is 1. The summed E-state index contributed by atoms with van der Waals surface area (Å²) in [7, 11) is -3.92. The molecule has 2 aromatic rings. The summed E-state index contributed by atoms with van der Waals surface area (Å²) in [6.45, 7) is 0. The van der Waals surface area contributed by atoms with E-state index in [1.807, 2.05) is 0 Å². The van der Waals surface area contributed by atoms with Crippen LogP contribution >= 0.6 is 0 Å². The van der Waals surface area contributed by atoms with Gasteiger partial charge in [0.15, 0.2) is 5.75 Å². The van der Waals surface area contributed by atoms with Crippen molar-refractivity contribution in [1.82, 2.24) is 10.2 Å². The summed E-state index contributed by atoms with van der Waals surface area (Å²) in [6.07, 6.45) is 0. The Morgan fingerprint density at radius 2 is 1.85 bits per heavy atom. The van der Waals surface area contributed by atoms with Crippen LogP contribution in [0.3, 0.4) is 0 Å². The third-order valence-corrected chi connectivity index (χ3v) is 3.55. The van der Waals surface area contributed by atoms with E-state index >= 15 is 0 Å². The summed E-state index contributed by atoms with van der Waals surface area (Å²) >= 11 is 0. The Bertz CT molecular complexity index is 773. The standard InChI is InChI=1S/C11H11N3O5S/c15-10-5-9(12-13-10)7-1-3-8(4-2-7)14-20(18,19)6-11(16)17/h1-5,14H,6H2,(H,16,17)(H2,12,13,15). The molecule has 0 atom stereocenters. The number of aliphatic carboxylic acids is 1. The number of hydrogen-bond acceptors (Lipinski definition) is 4. The van der Waals surface area contributed by atoms with Gasteiger partial charge in [-0.25, -0.2) is 8.42 Å². The predicted octanol–water partition coefficient (Wildman–Crippen LogP) is 0.196. The van der Waals surface area contributed by atoms with E-state index in [4.69, 9.17) is 5.11 Å². The lowest BCUT2D eigenvalue weighted by atomic mass is 10.1. The number of H-pyrrole nitrogens is 2. The maximum absolute atomic E-state index is 11.4. The zero-order valence-electron chi connectivity index (χ0n) is 10.1. The van der Waals surface area contributed by atoms with E-state index in [1.165, 1.54) is 18.2 Å². The summed E-state index contributed by atoms with van der Waals surface area (Å²) in [6, 6.07) is 7.50. The minimum Gasteiger partial charge on any atom is -0.480 e. The van der Waals surface area contributed by atoms with Crippen LogP contribution in [0.2, 0.25) is 0 Å². The molecule has 1 aromatic heterocycles. The molecule has 0 radical (unpaired) electrons. The molecule has 0 fully saturated rings. The van der Waals surface area contributed by atoms with Crippen LogP contribution in [0.1, 0.15) is 0 Å². The molecule has 9 heteroatoms. The fraction of sp³-hybridized carbons (Fsp3) is 0.0909. The van der Waals surface area contributed by atoms with Gasteiger partial charge < -0.3 is 5.11 Å². The van der Waals surface area contributed by atoms with Gasteiger partial charge in [0, 0.05) is 11.8 Å². The molecule has 0 aliphatic rings. The van der Waals surface area contributed by atoms with Gasteiger partial charge in [0.2, 0.25) is 10.0 Å². The van der Waals surface area contributed by atoms with Gasteiger partial charge in [-0.05, 0) is 17.7 Å². The van der Waals surface area contributed by atoms with Gasteiger partial charge in [-0.2, -0.15) is 0 Å².